The Kier molecular flexibility index (Phi) is 6.46. The third kappa shape index (κ3) is 5.25. The average Bonchev–Trinajstić information content (AvgIpc) is 2.83. The molecule has 0 aromatic heterocycles. The smallest absolute Gasteiger partial charge is 0.343 e. The van der Waals surface area contributed by atoms with E-state index >= 15 is 0 Å². The Balaban J connectivity index is 1.47. The molecule has 0 aliphatic heterocycles. The maximum Gasteiger partial charge on any atom is 0.343 e. The number of esters is 2. The second kappa shape index (κ2) is 9.79. The SMILES string of the molecule is C=C/C=C\c1ccc(OC(=O)c2cccc(C(=O)Oc3ccc4ccccc4c3)c2)cc1C. The van der Waals surface area contributed by atoms with Gasteiger partial charge in [-0.1, -0.05) is 67.3 Å². The average molecular weight is 434 g/mol. The first-order valence-electron chi connectivity index (χ1n) is 10.5. The normalized spacial score (nSPS) is 10.8. The maximum absolute atomic E-state index is 12.7. The Morgan fingerprint density at radius 1 is 0.727 bits per heavy atom. The van der Waals surface area contributed by atoms with E-state index in [4.69, 9.17) is 9.47 Å². The van der Waals surface area contributed by atoms with Crippen molar-refractivity contribution in [2.45, 2.75) is 6.92 Å². The van der Waals surface area contributed by atoms with Gasteiger partial charge in [-0.3, -0.25) is 0 Å². The van der Waals surface area contributed by atoms with Crippen LogP contribution in [-0.4, -0.2) is 11.9 Å². The predicted octanol–water partition coefficient (Wildman–Crippen LogP) is 6.79. The molecule has 0 spiro atoms. The Morgan fingerprint density at radius 2 is 1.36 bits per heavy atom. The minimum absolute atomic E-state index is 0.260. The number of carbonyl (C=O) groups excluding carboxylic acids is 2. The van der Waals surface area contributed by atoms with Gasteiger partial charge >= 0.3 is 11.9 Å². The standard InChI is InChI=1S/C29H22O4/c1-3-4-8-21-13-15-26(17-20(21)2)32-28(30)24-11-7-12-25(18-24)29(31)33-27-16-14-22-9-5-6-10-23(22)19-27/h3-19H,1H2,2H3/b8-4-. The van der Waals surface area contributed by atoms with Gasteiger partial charge in [-0.05, 0) is 71.3 Å². The van der Waals surface area contributed by atoms with Gasteiger partial charge in [0.2, 0.25) is 0 Å². The van der Waals surface area contributed by atoms with E-state index in [-0.39, 0.29) is 11.1 Å². The molecule has 4 aromatic carbocycles. The van der Waals surface area contributed by atoms with Crippen molar-refractivity contribution < 1.29 is 19.1 Å². The molecule has 0 aliphatic rings. The molecular formula is C29H22O4. The lowest BCUT2D eigenvalue weighted by Gasteiger charge is -2.09. The van der Waals surface area contributed by atoms with Crippen molar-refractivity contribution in [2.24, 2.45) is 0 Å². The van der Waals surface area contributed by atoms with Gasteiger partial charge in [0.25, 0.3) is 0 Å². The molecule has 0 fully saturated rings. The molecule has 0 radical (unpaired) electrons. The maximum atomic E-state index is 12.7. The number of carbonyl (C=O) groups is 2. The summed E-state index contributed by atoms with van der Waals surface area (Å²) >= 11 is 0. The van der Waals surface area contributed by atoms with Crippen LogP contribution in [0, 0.1) is 6.92 Å². The number of fused-ring (bicyclic) bond motifs is 1. The molecule has 0 unspecified atom stereocenters. The highest BCUT2D eigenvalue weighted by Crippen LogP contribution is 2.23. The zero-order valence-corrected chi connectivity index (χ0v) is 18.2. The molecule has 0 atom stereocenters. The lowest BCUT2D eigenvalue weighted by Crippen LogP contribution is -2.12. The molecule has 0 saturated heterocycles. The summed E-state index contributed by atoms with van der Waals surface area (Å²) in [6.07, 6.45) is 5.47. The van der Waals surface area contributed by atoms with Gasteiger partial charge in [0.1, 0.15) is 11.5 Å². The number of aryl methyl sites for hydroxylation is 1. The van der Waals surface area contributed by atoms with Crippen molar-refractivity contribution in [3.8, 4) is 11.5 Å². The number of hydrogen-bond acceptors (Lipinski definition) is 4. The number of benzene rings is 4. The number of ether oxygens (including phenoxy) is 2. The van der Waals surface area contributed by atoms with Crippen molar-refractivity contribution in [3.05, 3.63) is 126 Å². The van der Waals surface area contributed by atoms with E-state index in [0.717, 1.165) is 21.9 Å². The lowest BCUT2D eigenvalue weighted by atomic mass is 10.1. The molecule has 4 aromatic rings. The molecule has 4 heteroatoms. The van der Waals surface area contributed by atoms with Gasteiger partial charge in [-0.25, -0.2) is 9.59 Å². The quantitative estimate of drug-likeness (QED) is 0.191. The van der Waals surface area contributed by atoms with E-state index in [9.17, 15) is 9.59 Å². The first-order valence-corrected chi connectivity index (χ1v) is 10.5. The van der Waals surface area contributed by atoms with Gasteiger partial charge in [0, 0.05) is 0 Å². The summed E-state index contributed by atoms with van der Waals surface area (Å²) in [5.41, 5.74) is 2.49. The topological polar surface area (TPSA) is 52.6 Å². The second-order valence-corrected chi connectivity index (χ2v) is 7.48. The summed E-state index contributed by atoms with van der Waals surface area (Å²) in [4.78, 5) is 25.3. The van der Waals surface area contributed by atoms with Crippen LogP contribution in [-0.2, 0) is 0 Å². The molecule has 33 heavy (non-hydrogen) atoms. The fourth-order valence-corrected chi connectivity index (χ4v) is 3.41. The van der Waals surface area contributed by atoms with Crippen LogP contribution in [0.15, 0.2) is 104 Å². The molecule has 0 bridgehead atoms. The number of allylic oxidation sites excluding steroid dienone is 2. The summed E-state index contributed by atoms with van der Waals surface area (Å²) in [5.74, 6) is -0.233. The lowest BCUT2D eigenvalue weighted by molar-refractivity contribution is 0.0734. The zero-order valence-electron chi connectivity index (χ0n) is 18.2. The van der Waals surface area contributed by atoms with E-state index in [0.29, 0.717) is 11.5 Å². The van der Waals surface area contributed by atoms with Crippen LogP contribution >= 0.6 is 0 Å². The van der Waals surface area contributed by atoms with E-state index in [1.165, 1.54) is 6.07 Å². The minimum Gasteiger partial charge on any atom is -0.423 e. The third-order valence-electron chi connectivity index (χ3n) is 5.13. The van der Waals surface area contributed by atoms with Crippen molar-refractivity contribution >= 4 is 28.8 Å². The molecule has 4 nitrogen and oxygen atoms in total. The largest absolute Gasteiger partial charge is 0.423 e. The van der Waals surface area contributed by atoms with Crippen LogP contribution in [0.3, 0.4) is 0 Å². The summed E-state index contributed by atoms with van der Waals surface area (Å²) in [7, 11) is 0. The Morgan fingerprint density at radius 3 is 2.03 bits per heavy atom. The monoisotopic (exact) mass is 434 g/mol. The van der Waals surface area contributed by atoms with E-state index in [2.05, 4.69) is 6.58 Å². The summed E-state index contributed by atoms with van der Waals surface area (Å²) < 4.78 is 11.0. The highest BCUT2D eigenvalue weighted by molar-refractivity contribution is 5.97. The highest BCUT2D eigenvalue weighted by Gasteiger charge is 2.14. The van der Waals surface area contributed by atoms with Gasteiger partial charge in [-0.15, -0.1) is 0 Å². The van der Waals surface area contributed by atoms with Crippen LogP contribution in [0.5, 0.6) is 11.5 Å². The Bertz CT molecular complexity index is 1380. The third-order valence-corrected chi connectivity index (χ3v) is 5.13. The van der Waals surface area contributed by atoms with Crippen molar-refractivity contribution in [1.82, 2.24) is 0 Å². The summed E-state index contributed by atoms with van der Waals surface area (Å²) in [6, 6.07) is 25.0. The first-order chi connectivity index (χ1) is 16.0. The van der Waals surface area contributed by atoms with Crippen LogP contribution in [0.2, 0.25) is 0 Å². The fraction of sp³-hybridized carbons (Fsp3) is 0.0345. The molecule has 0 heterocycles. The minimum atomic E-state index is -0.552. The second-order valence-electron chi connectivity index (χ2n) is 7.48. The van der Waals surface area contributed by atoms with Gasteiger partial charge in [0.05, 0.1) is 11.1 Å². The molecule has 0 N–H and O–H groups in total. The van der Waals surface area contributed by atoms with E-state index < -0.39 is 11.9 Å². The Labute approximate surface area is 192 Å². The number of rotatable bonds is 6. The number of hydrogen-bond donors (Lipinski definition) is 0. The van der Waals surface area contributed by atoms with Crippen LogP contribution in [0.4, 0.5) is 0 Å². The summed E-state index contributed by atoms with van der Waals surface area (Å²) in [5, 5.41) is 2.03. The van der Waals surface area contributed by atoms with Crippen molar-refractivity contribution in [2.75, 3.05) is 0 Å². The molecule has 162 valence electrons. The van der Waals surface area contributed by atoms with Gasteiger partial charge < -0.3 is 9.47 Å². The molecule has 0 amide bonds. The Hall–Kier alpha value is -4.44. The highest BCUT2D eigenvalue weighted by atomic mass is 16.5. The van der Waals surface area contributed by atoms with Crippen molar-refractivity contribution in [1.29, 1.82) is 0 Å². The molecular weight excluding hydrogens is 412 g/mol. The van der Waals surface area contributed by atoms with Crippen LogP contribution in [0.25, 0.3) is 16.8 Å². The fourth-order valence-electron chi connectivity index (χ4n) is 3.41. The molecule has 4 rings (SSSR count). The zero-order chi connectivity index (χ0) is 23.2. The van der Waals surface area contributed by atoms with E-state index in [1.54, 1.807) is 42.5 Å². The van der Waals surface area contributed by atoms with Crippen LogP contribution in [0.1, 0.15) is 31.8 Å². The summed E-state index contributed by atoms with van der Waals surface area (Å²) in [6.45, 7) is 5.60. The van der Waals surface area contributed by atoms with Crippen molar-refractivity contribution in [3.63, 3.8) is 0 Å². The molecule has 0 aliphatic carbocycles. The van der Waals surface area contributed by atoms with Crippen LogP contribution < -0.4 is 9.47 Å². The van der Waals surface area contributed by atoms with Gasteiger partial charge in [-0.2, -0.15) is 0 Å². The predicted molar refractivity (Wildman–Crippen MR) is 131 cm³/mol. The van der Waals surface area contributed by atoms with E-state index in [1.807, 2.05) is 61.5 Å². The first kappa shape index (κ1) is 21.8. The molecule has 0 saturated carbocycles. The van der Waals surface area contributed by atoms with Gasteiger partial charge in [0.15, 0.2) is 0 Å².